The van der Waals surface area contributed by atoms with Gasteiger partial charge in [0, 0.05) is 25.8 Å². The number of thiazole rings is 1. The number of halogens is 1. The maximum Gasteiger partial charge on any atom is 0.407 e. The first-order valence-electron chi connectivity index (χ1n) is 20.9. The van der Waals surface area contributed by atoms with Crippen LogP contribution < -0.4 is 26.4 Å². The van der Waals surface area contributed by atoms with Crippen LogP contribution in [0, 0.1) is 18.2 Å². The Labute approximate surface area is 362 Å². The van der Waals surface area contributed by atoms with Gasteiger partial charge in [-0.1, -0.05) is 57.5 Å². The molecule has 5 atom stereocenters. The molecule has 2 heterocycles. The minimum Gasteiger partial charge on any atom is -0.488 e. The van der Waals surface area contributed by atoms with Gasteiger partial charge in [-0.15, -0.1) is 11.3 Å². The van der Waals surface area contributed by atoms with Crippen LogP contribution >= 0.6 is 11.3 Å². The zero-order valence-corrected chi connectivity index (χ0v) is 37.5. The van der Waals surface area contributed by atoms with Crippen LogP contribution in [0.5, 0.6) is 5.75 Å². The highest BCUT2D eigenvalue weighted by Crippen LogP contribution is 2.30. The Hall–Kier alpha value is -5.09. The Kier molecular flexibility index (Phi) is 17.2. The summed E-state index contributed by atoms with van der Waals surface area (Å²) < 4.78 is 25.8. The number of amides is 5. The third-order valence-corrected chi connectivity index (χ3v) is 11.3. The molecular weight excluding hydrogens is 804 g/mol. The highest BCUT2D eigenvalue weighted by Gasteiger charge is 2.44. The second kappa shape index (κ2) is 21.6. The molecule has 0 aliphatic carbocycles. The summed E-state index contributed by atoms with van der Waals surface area (Å²) in [6, 6.07) is 9.59. The molecule has 0 spiro atoms. The predicted octanol–water partition coefficient (Wildman–Crippen LogP) is 6.27. The van der Waals surface area contributed by atoms with Gasteiger partial charge in [-0.2, -0.15) is 0 Å². The number of nitrogens with zero attached hydrogens (tertiary/aromatic N) is 2. The highest BCUT2D eigenvalue weighted by molar-refractivity contribution is 7.13. The molecule has 334 valence electrons. The van der Waals surface area contributed by atoms with Gasteiger partial charge in [0.15, 0.2) is 11.6 Å². The van der Waals surface area contributed by atoms with Gasteiger partial charge in [-0.05, 0) is 94.5 Å². The number of likely N-dealkylation sites (tertiary alicyclic amines) is 1. The van der Waals surface area contributed by atoms with E-state index >= 15 is 0 Å². The lowest BCUT2D eigenvalue weighted by molar-refractivity contribution is -0.144. The Balaban J connectivity index is 1.27. The number of aliphatic hydroxyl groups excluding tert-OH is 1. The fourth-order valence-corrected chi connectivity index (χ4v) is 7.84. The monoisotopic (exact) mass is 866 g/mol. The minimum atomic E-state index is -0.937. The Morgan fingerprint density at radius 2 is 1.69 bits per heavy atom. The molecule has 16 heteroatoms. The van der Waals surface area contributed by atoms with E-state index in [0.717, 1.165) is 27.3 Å². The van der Waals surface area contributed by atoms with E-state index < -0.39 is 59.0 Å². The smallest absolute Gasteiger partial charge is 0.407 e. The van der Waals surface area contributed by atoms with Crippen molar-refractivity contribution in [1.82, 2.24) is 25.8 Å². The van der Waals surface area contributed by atoms with Crippen molar-refractivity contribution in [1.29, 1.82) is 0 Å². The summed E-state index contributed by atoms with van der Waals surface area (Å²) in [7, 11) is 0. The van der Waals surface area contributed by atoms with Crippen LogP contribution in [0.2, 0.25) is 0 Å². The number of β-amino-alcohol motifs (C(OH)–C–C–N with tert-alkyl or cyclic N) is 1. The highest BCUT2D eigenvalue weighted by atomic mass is 32.1. The lowest BCUT2D eigenvalue weighted by Crippen LogP contribution is -2.57. The van der Waals surface area contributed by atoms with Gasteiger partial charge < -0.3 is 41.2 Å². The summed E-state index contributed by atoms with van der Waals surface area (Å²) >= 11 is 1.57. The number of unbranched alkanes of at least 4 members (excludes halogenated alkanes) is 2. The van der Waals surface area contributed by atoms with E-state index in [1.165, 1.54) is 11.0 Å². The molecule has 1 aromatic heterocycles. The minimum absolute atomic E-state index is 0.00231. The first-order valence-corrected chi connectivity index (χ1v) is 21.8. The van der Waals surface area contributed by atoms with Crippen molar-refractivity contribution >= 4 is 41.1 Å². The number of ether oxygens (including phenoxy) is 2. The lowest BCUT2D eigenvalue weighted by Gasteiger charge is -2.35. The quantitative estimate of drug-likeness (QED) is 0.0862. The average Bonchev–Trinajstić information content (AvgIpc) is 3.79. The van der Waals surface area contributed by atoms with E-state index in [4.69, 9.17) is 15.2 Å². The number of hydrogen-bond donors (Lipinski definition) is 5. The fourth-order valence-electron chi connectivity index (χ4n) is 7.03. The molecule has 61 heavy (non-hydrogen) atoms. The van der Waals surface area contributed by atoms with E-state index in [1.54, 1.807) is 49.8 Å². The zero-order chi connectivity index (χ0) is 45.1. The van der Waals surface area contributed by atoms with Crippen molar-refractivity contribution in [2.75, 3.05) is 13.2 Å². The van der Waals surface area contributed by atoms with Gasteiger partial charge in [0.25, 0.3) is 0 Å². The standard InChI is InChI=1S/C45H63FN6O8S/c1-27(30-15-17-31(18-16-30)39-28(2)48-26-61-39)49-41(56)35-23-33(53)24-52(35)42(57)40(44(3,4)5)51-38(55)13-11-9-10-12-29-14-20-34(46)36(22-29)59-25-32(19-21-37(47)54)50-43(58)60-45(6,7)8/h14-18,20,22,26-27,32-33,35,40,53H,9-13,19,21,23-25H2,1-8H3,(H2,47,54)(H,49,56)(H,50,58)(H,51,55)/t27-,32-,33+,35-,40+/m0/s1. The third kappa shape index (κ3) is 15.1. The van der Waals surface area contributed by atoms with E-state index in [0.29, 0.717) is 25.7 Å². The molecule has 0 unspecified atom stereocenters. The van der Waals surface area contributed by atoms with Crippen molar-refractivity contribution in [3.63, 3.8) is 0 Å². The molecule has 0 radical (unpaired) electrons. The van der Waals surface area contributed by atoms with Crippen molar-refractivity contribution in [2.45, 2.75) is 143 Å². The number of aryl methyl sites for hydroxylation is 2. The number of hydrogen-bond acceptors (Lipinski definition) is 10. The van der Waals surface area contributed by atoms with Gasteiger partial charge in [-0.3, -0.25) is 19.2 Å². The van der Waals surface area contributed by atoms with Crippen molar-refractivity contribution in [3.05, 3.63) is 70.6 Å². The van der Waals surface area contributed by atoms with Crippen LogP contribution in [0.4, 0.5) is 9.18 Å². The summed E-state index contributed by atoms with van der Waals surface area (Å²) in [5.74, 6) is -2.24. The predicted molar refractivity (Wildman–Crippen MR) is 232 cm³/mol. The molecule has 1 aliphatic rings. The molecule has 1 saturated heterocycles. The Morgan fingerprint density at radius 1 is 0.984 bits per heavy atom. The summed E-state index contributed by atoms with van der Waals surface area (Å²) in [4.78, 5) is 71.5. The summed E-state index contributed by atoms with van der Waals surface area (Å²) in [6.07, 6.45) is 1.33. The maximum absolute atomic E-state index is 14.7. The topological polar surface area (TPSA) is 202 Å². The van der Waals surface area contributed by atoms with Gasteiger partial charge in [0.05, 0.1) is 34.3 Å². The molecular formula is C45H63FN6O8S. The number of primary amides is 1. The second-order valence-electron chi connectivity index (χ2n) is 17.9. The van der Waals surface area contributed by atoms with Gasteiger partial charge in [-0.25, -0.2) is 14.2 Å². The molecule has 1 fully saturated rings. The SMILES string of the molecule is Cc1ncsc1-c1ccc([C@H](C)NC(=O)[C@@H]2C[C@@H](O)CN2C(=O)[C@@H](NC(=O)CCCCCc2ccc(F)c(OC[C@H](CCC(N)=O)NC(=O)OC(C)(C)C)c2)C(C)(C)C)cc1. The summed E-state index contributed by atoms with van der Waals surface area (Å²) in [5.41, 5.74) is 9.37. The van der Waals surface area contributed by atoms with Crippen LogP contribution in [0.1, 0.15) is 116 Å². The Morgan fingerprint density at radius 3 is 2.31 bits per heavy atom. The fraction of sp³-hybridized carbons (Fsp3) is 0.556. The number of carbonyl (C=O) groups excluding carboxylic acids is 5. The molecule has 1 aliphatic heterocycles. The van der Waals surface area contributed by atoms with Crippen LogP contribution in [-0.2, 0) is 30.3 Å². The van der Waals surface area contributed by atoms with Crippen LogP contribution in [0.25, 0.3) is 10.4 Å². The second-order valence-corrected chi connectivity index (χ2v) is 18.7. The summed E-state index contributed by atoms with van der Waals surface area (Å²) in [6.45, 7) is 14.4. The summed E-state index contributed by atoms with van der Waals surface area (Å²) in [5, 5.41) is 19.2. The first kappa shape index (κ1) is 48.6. The molecule has 6 N–H and O–H groups in total. The molecule has 5 amide bonds. The van der Waals surface area contributed by atoms with Gasteiger partial charge in [0.2, 0.25) is 23.6 Å². The van der Waals surface area contributed by atoms with Crippen molar-refractivity contribution in [2.24, 2.45) is 11.1 Å². The Bertz CT molecular complexity index is 1980. The third-order valence-electron chi connectivity index (χ3n) is 10.3. The maximum atomic E-state index is 14.7. The van der Waals surface area contributed by atoms with Crippen LogP contribution in [0.15, 0.2) is 48.0 Å². The first-order chi connectivity index (χ1) is 28.6. The molecule has 2 aromatic carbocycles. The van der Waals surface area contributed by atoms with Crippen molar-refractivity contribution in [3.8, 4) is 16.2 Å². The number of alkyl carbamates (subject to hydrolysis) is 1. The van der Waals surface area contributed by atoms with Crippen molar-refractivity contribution < 1.29 is 42.9 Å². The van der Waals surface area contributed by atoms with Crippen LogP contribution in [0.3, 0.4) is 0 Å². The van der Waals surface area contributed by atoms with E-state index in [1.807, 2.05) is 58.9 Å². The molecule has 14 nitrogen and oxygen atoms in total. The number of aromatic nitrogens is 1. The number of benzene rings is 2. The number of nitrogens with one attached hydrogen (secondary N) is 3. The van der Waals surface area contributed by atoms with Gasteiger partial charge >= 0.3 is 6.09 Å². The number of rotatable bonds is 19. The van der Waals surface area contributed by atoms with E-state index in [2.05, 4.69) is 20.9 Å². The van der Waals surface area contributed by atoms with Gasteiger partial charge in [0.1, 0.15) is 24.3 Å². The largest absolute Gasteiger partial charge is 0.488 e. The average molecular weight is 867 g/mol. The van der Waals surface area contributed by atoms with Crippen LogP contribution in [-0.4, -0.2) is 87.7 Å². The molecule has 3 aromatic rings. The lowest BCUT2D eigenvalue weighted by atomic mass is 9.85. The number of nitrogens with two attached hydrogens (primary N) is 1. The molecule has 0 bridgehead atoms. The van der Waals surface area contributed by atoms with E-state index in [-0.39, 0.29) is 62.4 Å². The van der Waals surface area contributed by atoms with E-state index in [9.17, 15) is 33.5 Å². The zero-order valence-electron chi connectivity index (χ0n) is 36.6. The number of aliphatic hydroxyl groups is 1. The molecule has 4 rings (SSSR count). The molecule has 0 saturated carbocycles. The normalized spacial score (nSPS) is 16.9. The number of carbonyl (C=O) groups is 5.